The standard InChI is InChI=1S/C15H15N3O3/c1-9-13(17-15(21)16-9)14(20)10-4-6-11(7-5-10)18-8-2-3-12(18)19/h4-7H,2-3,8H2,1H3,(H2,16,17,21). The van der Waals surface area contributed by atoms with Gasteiger partial charge >= 0.3 is 5.69 Å². The zero-order chi connectivity index (χ0) is 15.0. The first-order chi connectivity index (χ1) is 10.1. The van der Waals surface area contributed by atoms with Crippen LogP contribution in [0.4, 0.5) is 5.69 Å². The Morgan fingerprint density at radius 1 is 1.14 bits per heavy atom. The highest BCUT2D eigenvalue weighted by atomic mass is 16.2. The van der Waals surface area contributed by atoms with Crippen molar-refractivity contribution in [2.45, 2.75) is 19.8 Å². The van der Waals surface area contributed by atoms with Crippen LogP contribution in [-0.4, -0.2) is 28.2 Å². The van der Waals surface area contributed by atoms with Gasteiger partial charge in [0.2, 0.25) is 11.7 Å². The molecule has 0 bridgehead atoms. The van der Waals surface area contributed by atoms with E-state index in [1.165, 1.54) is 0 Å². The first kappa shape index (κ1) is 13.4. The smallest absolute Gasteiger partial charge is 0.312 e. The number of aromatic nitrogens is 2. The van der Waals surface area contributed by atoms with Gasteiger partial charge in [-0.3, -0.25) is 9.59 Å². The number of ketones is 1. The average Bonchev–Trinajstić information content (AvgIpc) is 3.04. The fourth-order valence-electron chi connectivity index (χ4n) is 2.56. The van der Waals surface area contributed by atoms with Crippen LogP contribution in [0.25, 0.3) is 0 Å². The van der Waals surface area contributed by atoms with Gasteiger partial charge in [-0.1, -0.05) is 0 Å². The largest absolute Gasteiger partial charge is 0.323 e. The van der Waals surface area contributed by atoms with E-state index in [1.807, 2.05) is 0 Å². The third-order valence-corrected chi connectivity index (χ3v) is 3.66. The van der Waals surface area contributed by atoms with Crippen molar-refractivity contribution in [1.82, 2.24) is 9.97 Å². The van der Waals surface area contributed by atoms with Crippen LogP contribution in [0.15, 0.2) is 29.1 Å². The number of amides is 1. The minimum atomic E-state index is -0.393. The maximum absolute atomic E-state index is 12.3. The minimum Gasteiger partial charge on any atom is -0.312 e. The second-order valence-corrected chi connectivity index (χ2v) is 5.10. The molecule has 108 valence electrons. The normalized spacial score (nSPS) is 14.7. The highest BCUT2D eigenvalue weighted by Crippen LogP contribution is 2.22. The van der Waals surface area contributed by atoms with Crippen molar-refractivity contribution in [2.75, 3.05) is 11.4 Å². The number of benzene rings is 1. The molecule has 6 heteroatoms. The van der Waals surface area contributed by atoms with Crippen LogP contribution < -0.4 is 10.6 Å². The van der Waals surface area contributed by atoms with Crippen LogP contribution in [0, 0.1) is 6.92 Å². The van der Waals surface area contributed by atoms with Gasteiger partial charge in [0.25, 0.3) is 0 Å². The van der Waals surface area contributed by atoms with Crippen molar-refractivity contribution < 1.29 is 9.59 Å². The van der Waals surface area contributed by atoms with E-state index in [1.54, 1.807) is 36.1 Å². The number of aromatic amines is 2. The SMILES string of the molecule is Cc1[nH]c(=O)[nH]c1C(=O)c1ccc(N2CCCC2=O)cc1. The van der Waals surface area contributed by atoms with E-state index in [2.05, 4.69) is 9.97 Å². The number of nitrogens with zero attached hydrogens (tertiary/aromatic N) is 1. The predicted octanol–water partition coefficient (Wildman–Crippen LogP) is 1.37. The van der Waals surface area contributed by atoms with Gasteiger partial charge in [-0.05, 0) is 37.6 Å². The fourth-order valence-corrected chi connectivity index (χ4v) is 2.56. The Kier molecular flexibility index (Phi) is 3.21. The summed E-state index contributed by atoms with van der Waals surface area (Å²) in [6.07, 6.45) is 1.44. The van der Waals surface area contributed by atoms with Gasteiger partial charge in [0.15, 0.2) is 0 Å². The molecule has 0 radical (unpaired) electrons. The fraction of sp³-hybridized carbons (Fsp3) is 0.267. The van der Waals surface area contributed by atoms with E-state index in [0.717, 1.165) is 18.7 Å². The summed E-state index contributed by atoms with van der Waals surface area (Å²) < 4.78 is 0. The summed E-state index contributed by atoms with van der Waals surface area (Å²) in [5, 5.41) is 0. The van der Waals surface area contributed by atoms with Crippen LogP contribution in [0.2, 0.25) is 0 Å². The van der Waals surface area contributed by atoms with Crippen LogP contribution in [0.3, 0.4) is 0 Å². The third kappa shape index (κ3) is 2.40. The molecule has 0 saturated carbocycles. The van der Waals surface area contributed by atoms with Crippen molar-refractivity contribution >= 4 is 17.4 Å². The third-order valence-electron chi connectivity index (χ3n) is 3.66. The lowest BCUT2D eigenvalue weighted by atomic mass is 10.1. The summed E-state index contributed by atoms with van der Waals surface area (Å²) in [6.45, 7) is 2.39. The summed E-state index contributed by atoms with van der Waals surface area (Å²) >= 11 is 0. The molecule has 2 aromatic rings. The van der Waals surface area contributed by atoms with Gasteiger partial charge in [0.1, 0.15) is 5.69 Å². The molecule has 6 nitrogen and oxygen atoms in total. The van der Waals surface area contributed by atoms with E-state index < -0.39 is 5.69 Å². The number of nitrogens with one attached hydrogen (secondary N) is 2. The van der Waals surface area contributed by atoms with Gasteiger partial charge in [-0.2, -0.15) is 0 Å². The quantitative estimate of drug-likeness (QED) is 0.835. The molecule has 21 heavy (non-hydrogen) atoms. The zero-order valence-electron chi connectivity index (χ0n) is 11.6. The van der Waals surface area contributed by atoms with Crippen LogP contribution >= 0.6 is 0 Å². The summed E-state index contributed by atoms with van der Waals surface area (Å²) in [7, 11) is 0. The number of hydrogen-bond donors (Lipinski definition) is 2. The minimum absolute atomic E-state index is 0.111. The molecule has 1 aliphatic rings. The Morgan fingerprint density at radius 2 is 1.86 bits per heavy atom. The Bertz CT molecular complexity index is 755. The molecule has 0 atom stereocenters. The number of imidazole rings is 1. The molecule has 3 rings (SSSR count). The van der Waals surface area contributed by atoms with Gasteiger partial charge in [0.05, 0.1) is 0 Å². The monoisotopic (exact) mass is 285 g/mol. The first-order valence-corrected chi connectivity index (χ1v) is 6.80. The van der Waals surface area contributed by atoms with Crippen molar-refractivity contribution in [3.8, 4) is 0 Å². The Morgan fingerprint density at radius 3 is 2.38 bits per heavy atom. The summed E-state index contributed by atoms with van der Waals surface area (Å²) in [6, 6.07) is 6.87. The lowest BCUT2D eigenvalue weighted by molar-refractivity contribution is -0.117. The number of carbonyl (C=O) groups excluding carboxylic acids is 2. The number of carbonyl (C=O) groups is 2. The Labute approximate surface area is 120 Å². The molecule has 2 heterocycles. The zero-order valence-corrected chi connectivity index (χ0v) is 11.6. The topological polar surface area (TPSA) is 86.0 Å². The molecule has 1 aliphatic heterocycles. The highest BCUT2D eigenvalue weighted by Gasteiger charge is 2.22. The number of rotatable bonds is 3. The van der Waals surface area contributed by atoms with Crippen LogP contribution in [0.5, 0.6) is 0 Å². The summed E-state index contributed by atoms with van der Waals surface area (Å²) in [5.74, 6) is -0.134. The summed E-state index contributed by atoms with van der Waals surface area (Å²) in [5.41, 5.74) is 1.67. The van der Waals surface area contributed by atoms with Crippen molar-refractivity contribution in [3.05, 3.63) is 51.7 Å². The van der Waals surface area contributed by atoms with Gasteiger partial charge < -0.3 is 14.9 Å². The van der Waals surface area contributed by atoms with E-state index in [9.17, 15) is 14.4 Å². The molecule has 1 amide bonds. The number of H-pyrrole nitrogens is 2. The second kappa shape index (κ2) is 5.05. The molecule has 1 fully saturated rings. The Hall–Kier alpha value is -2.63. The van der Waals surface area contributed by atoms with Crippen molar-refractivity contribution in [1.29, 1.82) is 0 Å². The lowest BCUT2D eigenvalue weighted by Gasteiger charge is -2.15. The van der Waals surface area contributed by atoms with E-state index in [-0.39, 0.29) is 17.4 Å². The van der Waals surface area contributed by atoms with Crippen molar-refractivity contribution in [2.24, 2.45) is 0 Å². The average molecular weight is 285 g/mol. The van der Waals surface area contributed by atoms with E-state index in [4.69, 9.17) is 0 Å². The van der Waals surface area contributed by atoms with Gasteiger partial charge in [-0.15, -0.1) is 0 Å². The van der Waals surface area contributed by atoms with Crippen LogP contribution in [0.1, 0.15) is 34.6 Å². The number of anilines is 1. The number of hydrogen-bond acceptors (Lipinski definition) is 3. The van der Waals surface area contributed by atoms with Gasteiger partial charge in [-0.25, -0.2) is 4.79 Å². The van der Waals surface area contributed by atoms with Crippen molar-refractivity contribution in [3.63, 3.8) is 0 Å². The first-order valence-electron chi connectivity index (χ1n) is 6.80. The van der Waals surface area contributed by atoms with E-state index >= 15 is 0 Å². The Balaban J connectivity index is 1.87. The second-order valence-electron chi connectivity index (χ2n) is 5.10. The van der Waals surface area contributed by atoms with E-state index in [0.29, 0.717) is 17.7 Å². The highest BCUT2D eigenvalue weighted by molar-refractivity contribution is 6.08. The predicted molar refractivity (Wildman–Crippen MR) is 77.6 cm³/mol. The molecule has 1 aromatic heterocycles. The molecule has 0 aliphatic carbocycles. The molecular formula is C15H15N3O3. The molecule has 2 N–H and O–H groups in total. The maximum Gasteiger partial charge on any atom is 0.323 e. The maximum atomic E-state index is 12.3. The van der Waals surface area contributed by atoms with Crippen LogP contribution in [-0.2, 0) is 4.79 Å². The molecular weight excluding hydrogens is 270 g/mol. The number of aryl methyl sites for hydroxylation is 1. The lowest BCUT2D eigenvalue weighted by Crippen LogP contribution is -2.23. The molecule has 1 aromatic carbocycles. The molecule has 0 unspecified atom stereocenters. The summed E-state index contributed by atoms with van der Waals surface area (Å²) in [4.78, 5) is 41.9. The van der Waals surface area contributed by atoms with Gasteiger partial charge in [0, 0.05) is 29.9 Å². The molecule has 0 spiro atoms. The molecule has 1 saturated heterocycles.